The Hall–Kier alpha value is -2.24. The summed E-state index contributed by atoms with van der Waals surface area (Å²) < 4.78 is 5.20. The van der Waals surface area contributed by atoms with Crippen LogP contribution >= 0.6 is 0 Å². The number of carboxylic acid groups (broad SMARTS) is 1. The van der Waals surface area contributed by atoms with Crippen LogP contribution in [0.1, 0.15) is 18.4 Å². The van der Waals surface area contributed by atoms with Gasteiger partial charge in [-0.2, -0.15) is 0 Å². The van der Waals surface area contributed by atoms with E-state index in [2.05, 4.69) is 5.32 Å². The molecule has 20 heavy (non-hydrogen) atoms. The van der Waals surface area contributed by atoms with E-state index in [1.165, 1.54) is 4.90 Å². The molecule has 0 radical (unpaired) electrons. The van der Waals surface area contributed by atoms with Crippen LogP contribution in [0, 0.1) is 0 Å². The van der Waals surface area contributed by atoms with Crippen LogP contribution in [0.15, 0.2) is 24.3 Å². The van der Waals surface area contributed by atoms with Crippen LogP contribution in [0.25, 0.3) is 0 Å². The number of amides is 2. The molecule has 1 aliphatic carbocycles. The third-order valence-corrected chi connectivity index (χ3v) is 3.18. The molecule has 0 spiro atoms. The molecule has 1 aromatic rings. The monoisotopic (exact) mass is 278 g/mol. The highest BCUT2D eigenvalue weighted by atomic mass is 16.5. The predicted molar refractivity (Wildman–Crippen MR) is 72.6 cm³/mol. The second-order valence-corrected chi connectivity index (χ2v) is 4.72. The predicted octanol–water partition coefficient (Wildman–Crippen LogP) is 1.45. The average Bonchev–Trinajstić information content (AvgIpc) is 3.26. The molecule has 1 saturated carbocycles. The van der Waals surface area contributed by atoms with Gasteiger partial charge in [-0.25, -0.2) is 4.79 Å². The number of hydrogen-bond donors (Lipinski definition) is 2. The Morgan fingerprint density at radius 3 is 2.70 bits per heavy atom. The molecular formula is C14H18N2O4. The minimum atomic E-state index is -0.996. The zero-order chi connectivity index (χ0) is 14.5. The standard InChI is InChI=1S/C14H18N2O4/c1-20-12-5-3-2-4-10(12)8-15-14(19)16(9-13(17)18)11-6-7-11/h2-5,11H,6-9H2,1H3,(H,15,19)(H,17,18). The number of methoxy groups -OCH3 is 1. The van der Waals surface area contributed by atoms with E-state index in [4.69, 9.17) is 9.84 Å². The number of benzene rings is 1. The highest BCUT2D eigenvalue weighted by molar-refractivity contribution is 5.80. The van der Waals surface area contributed by atoms with Crippen LogP contribution < -0.4 is 10.1 Å². The second-order valence-electron chi connectivity index (χ2n) is 4.72. The molecule has 2 amide bonds. The van der Waals surface area contributed by atoms with E-state index in [-0.39, 0.29) is 18.6 Å². The SMILES string of the molecule is COc1ccccc1CNC(=O)N(CC(=O)O)C1CC1. The minimum absolute atomic E-state index is 0.0590. The molecule has 1 aromatic carbocycles. The molecule has 6 nitrogen and oxygen atoms in total. The summed E-state index contributed by atoms with van der Waals surface area (Å²) in [4.78, 5) is 24.2. The molecule has 0 unspecified atom stereocenters. The summed E-state index contributed by atoms with van der Waals surface area (Å²) in [6, 6.07) is 7.10. The zero-order valence-electron chi connectivity index (χ0n) is 11.3. The van der Waals surface area contributed by atoms with E-state index >= 15 is 0 Å². The average molecular weight is 278 g/mol. The van der Waals surface area contributed by atoms with Crippen molar-refractivity contribution in [3.05, 3.63) is 29.8 Å². The summed E-state index contributed by atoms with van der Waals surface area (Å²) in [5.74, 6) is -0.298. The number of urea groups is 1. The Bertz CT molecular complexity index is 500. The van der Waals surface area contributed by atoms with Crippen molar-refractivity contribution in [1.82, 2.24) is 10.2 Å². The van der Waals surface area contributed by atoms with Gasteiger partial charge in [-0.15, -0.1) is 0 Å². The number of hydrogen-bond acceptors (Lipinski definition) is 3. The van der Waals surface area contributed by atoms with E-state index in [0.29, 0.717) is 12.3 Å². The first kappa shape index (κ1) is 14.2. The highest BCUT2D eigenvalue weighted by Crippen LogP contribution is 2.26. The summed E-state index contributed by atoms with van der Waals surface area (Å²) in [7, 11) is 1.57. The van der Waals surface area contributed by atoms with Gasteiger partial charge >= 0.3 is 12.0 Å². The van der Waals surface area contributed by atoms with Crippen molar-refractivity contribution in [3.63, 3.8) is 0 Å². The van der Waals surface area contributed by atoms with Gasteiger partial charge in [0.2, 0.25) is 0 Å². The molecular weight excluding hydrogens is 260 g/mol. The fourth-order valence-corrected chi connectivity index (χ4v) is 2.02. The van der Waals surface area contributed by atoms with Crippen molar-refractivity contribution in [1.29, 1.82) is 0 Å². The van der Waals surface area contributed by atoms with Gasteiger partial charge in [-0.3, -0.25) is 4.79 Å². The lowest BCUT2D eigenvalue weighted by Gasteiger charge is -2.21. The van der Waals surface area contributed by atoms with Gasteiger partial charge in [0.25, 0.3) is 0 Å². The molecule has 0 saturated heterocycles. The van der Waals surface area contributed by atoms with Gasteiger partial charge in [-0.1, -0.05) is 18.2 Å². The molecule has 0 heterocycles. The highest BCUT2D eigenvalue weighted by Gasteiger charge is 2.33. The van der Waals surface area contributed by atoms with Crippen molar-refractivity contribution in [3.8, 4) is 5.75 Å². The van der Waals surface area contributed by atoms with Crippen molar-refractivity contribution in [2.24, 2.45) is 0 Å². The molecule has 2 rings (SSSR count). The lowest BCUT2D eigenvalue weighted by atomic mass is 10.2. The second kappa shape index (κ2) is 6.27. The largest absolute Gasteiger partial charge is 0.496 e. The molecule has 0 bridgehead atoms. The fraction of sp³-hybridized carbons (Fsp3) is 0.429. The van der Waals surface area contributed by atoms with E-state index in [9.17, 15) is 9.59 Å². The maximum absolute atomic E-state index is 12.0. The van der Waals surface area contributed by atoms with Crippen molar-refractivity contribution >= 4 is 12.0 Å². The number of para-hydroxylation sites is 1. The maximum atomic E-state index is 12.0. The van der Waals surface area contributed by atoms with Gasteiger partial charge < -0.3 is 20.1 Å². The summed E-state index contributed by atoms with van der Waals surface area (Å²) in [6.45, 7) is 0.0497. The summed E-state index contributed by atoms with van der Waals surface area (Å²) in [5.41, 5.74) is 0.856. The molecule has 2 N–H and O–H groups in total. The van der Waals surface area contributed by atoms with E-state index in [1.807, 2.05) is 24.3 Å². The Morgan fingerprint density at radius 1 is 1.40 bits per heavy atom. The van der Waals surface area contributed by atoms with Gasteiger partial charge in [0.1, 0.15) is 12.3 Å². The van der Waals surface area contributed by atoms with Crippen LogP contribution in [-0.4, -0.2) is 41.7 Å². The lowest BCUT2D eigenvalue weighted by molar-refractivity contribution is -0.137. The van der Waals surface area contributed by atoms with Crippen molar-refractivity contribution in [2.75, 3.05) is 13.7 Å². The van der Waals surface area contributed by atoms with Gasteiger partial charge in [0, 0.05) is 18.2 Å². The summed E-state index contributed by atoms with van der Waals surface area (Å²) >= 11 is 0. The zero-order valence-corrected chi connectivity index (χ0v) is 11.3. The van der Waals surface area contributed by atoms with Crippen LogP contribution in [0.4, 0.5) is 4.79 Å². The van der Waals surface area contributed by atoms with E-state index in [1.54, 1.807) is 7.11 Å². The Balaban J connectivity index is 1.94. The third-order valence-electron chi connectivity index (χ3n) is 3.18. The molecule has 1 aliphatic rings. The van der Waals surface area contributed by atoms with Gasteiger partial charge in [0.05, 0.1) is 7.11 Å². The Labute approximate surface area is 117 Å². The number of aliphatic carboxylic acids is 1. The van der Waals surface area contributed by atoms with Crippen LogP contribution in [0.2, 0.25) is 0 Å². The summed E-state index contributed by atoms with van der Waals surface area (Å²) in [5, 5.41) is 11.6. The Kier molecular flexibility index (Phi) is 4.45. The lowest BCUT2D eigenvalue weighted by Crippen LogP contribution is -2.43. The molecule has 0 aromatic heterocycles. The van der Waals surface area contributed by atoms with Crippen LogP contribution in [0.5, 0.6) is 5.75 Å². The first-order chi connectivity index (χ1) is 9.61. The van der Waals surface area contributed by atoms with E-state index in [0.717, 1.165) is 18.4 Å². The quantitative estimate of drug-likeness (QED) is 0.825. The van der Waals surface area contributed by atoms with Crippen molar-refractivity contribution < 1.29 is 19.4 Å². The molecule has 6 heteroatoms. The first-order valence-corrected chi connectivity index (χ1v) is 6.50. The topological polar surface area (TPSA) is 78.9 Å². The van der Waals surface area contributed by atoms with Crippen LogP contribution in [0.3, 0.4) is 0 Å². The minimum Gasteiger partial charge on any atom is -0.496 e. The van der Waals surface area contributed by atoms with Gasteiger partial charge in [-0.05, 0) is 18.9 Å². The first-order valence-electron chi connectivity index (χ1n) is 6.50. The molecule has 0 atom stereocenters. The number of rotatable bonds is 6. The number of carbonyl (C=O) groups is 2. The number of carbonyl (C=O) groups excluding carboxylic acids is 1. The normalized spacial score (nSPS) is 13.7. The molecule has 1 fully saturated rings. The maximum Gasteiger partial charge on any atom is 0.323 e. The molecule has 0 aliphatic heterocycles. The fourth-order valence-electron chi connectivity index (χ4n) is 2.02. The molecule has 108 valence electrons. The summed E-state index contributed by atoms with van der Waals surface area (Å²) in [6.07, 6.45) is 1.74. The number of carboxylic acids is 1. The number of nitrogens with one attached hydrogen (secondary N) is 1. The Morgan fingerprint density at radius 2 is 2.10 bits per heavy atom. The number of nitrogens with zero attached hydrogens (tertiary/aromatic N) is 1. The van der Waals surface area contributed by atoms with Crippen LogP contribution in [-0.2, 0) is 11.3 Å². The smallest absolute Gasteiger partial charge is 0.323 e. The van der Waals surface area contributed by atoms with Crippen molar-refractivity contribution in [2.45, 2.75) is 25.4 Å². The third kappa shape index (κ3) is 3.63. The van der Waals surface area contributed by atoms with Gasteiger partial charge in [0.15, 0.2) is 0 Å². The van der Waals surface area contributed by atoms with E-state index < -0.39 is 5.97 Å². The number of ether oxygens (including phenoxy) is 1.